The Kier molecular flexibility index (Phi) is 4.54. The van der Waals surface area contributed by atoms with Crippen molar-refractivity contribution in [2.45, 2.75) is 26.3 Å². The first kappa shape index (κ1) is 14.0. The molecule has 1 unspecified atom stereocenters. The van der Waals surface area contributed by atoms with Gasteiger partial charge in [-0.05, 0) is 37.7 Å². The van der Waals surface area contributed by atoms with E-state index in [0.717, 1.165) is 0 Å². The van der Waals surface area contributed by atoms with Gasteiger partial charge in [0.05, 0.1) is 0 Å². The third-order valence-electron chi connectivity index (χ3n) is 3.20. The molecule has 1 aromatic carbocycles. The molecule has 0 aliphatic heterocycles. The first-order chi connectivity index (χ1) is 7.96. The van der Waals surface area contributed by atoms with Crippen LogP contribution in [0.15, 0.2) is 24.3 Å². The maximum atomic E-state index is 11.6. The van der Waals surface area contributed by atoms with E-state index in [4.69, 9.17) is 11.6 Å². The summed E-state index contributed by atoms with van der Waals surface area (Å²) in [5.41, 5.74) is -0.324. The minimum atomic E-state index is -1.03. The molecule has 1 atom stereocenters. The third kappa shape index (κ3) is 2.61. The van der Waals surface area contributed by atoms with Crippen LogP contribution in [0.2, 0.25) is 5.02 Å². The molecule has 0 aromatic heterocycles. The van der Waals surface area contributed by atoms with Crippen molar-refractivity contribution in [1.82, 2.24) is 4.90 Å². The normalized spacial score (nSPS) is 14.6. The molecular weight excluding hydrogens is 238 g/mol. The van der Waals surface area contributed by atoms with Gasteiger partial charge in [0, 0.05) is 5.02 Å². The van der Waals surface area contributed by atoms with Crippen molar-refractivity contribution < 1.29 is 9.90 Å². The predicted molar refractivity (Wildman–Crippen MR) is 69.4 cm³/mol. The fourth-order valence-corrected chi connectivity index (χ4v) is 2.28. The summed E-state index contributed by atoms with van der Waals surface area (Å²) >= 11 is 5.94. The van der Waals surface area contributed by atoms with Crippen LogP contribution < -0.4 is 0 Å². The molecule has 0 amide bonds. The molecule has 4 heteroatoms. The van der Waals surface area contributed by atoms with Crippen LogP contribution >= 0.6 is 11.6 Å². The molecule has 0 radical (unpaired) electrons. The average molecular weight is 256 g/mol. The standard InChI is InChI=1S/C13H18ClNO2/c1-4-15(5-2)13(3,12(16)17)10-7-6-8-11(14)9-10/h6-9H,4-5H2,1-3H3,(H,16,17). The summed E-state index contributed by atoms with van der Waals surface area (Å²) in [7, 11) is 0. The molecule has 0 aliphatic rings. The van der Waals surface area contributed by atoms with E-state index in [0.29, 0.717) is 23.7 Å². The zero-order chi connectivity index (χ0) is 13.1. The smallest absolute Gasteiger partial charge is 0.328 e. The molecule has 0 spiro atoms. The second-order valence-corrected chi connectivity index (χ2v) is 4.50. The molecule has 1 aromatic rings. The maximum Gasteiger partial charge on any atom is 0.328 e. The molecule has 0 saturated heterocycles. The summed E-state index contributed by atoms with van der Waals surface area (Å²) in [5.74, 6) is -0.858. The van der Waals surface area contributed by atoms with Crippen molar-refractivity contribution in [2.75, 3.05) is 13.1 Å². The first-order valence-electron chi connectivity index (χ1n) is 5.71. The Morgan fingerprint density at radius 2 is 2.00 bits per heavy atom. The lowest BCUT2D eigenvalue weighted by molar-refractivity contribution is -0.151. The molecule has 3 nitrogen and oxygen atoms in total. The lowest BCUT2D eigenvalue weighted by Gasteiger charge is -2.37. The SMILES string of the molecule is CCN(CC)C(C)(C(=O)O)c1cccc(Cl)c1. The Labute approximate surface area is 107 Å². The summed E-state index contributed by atoms with van der Waals surface area (Å²) in [6, 6.07) is 7.05. The van der Waals surface area contributed by atoms with E-state index in [-0.39, 0.29) is 0 Å². The summed E-state index contributed by atoms with van der Waals surface area (Å²) in [6.45, 7) is 6.97. The van der Waals surface area contributed by atoms with Gasteiger partial charge in [0.2, 0.25) is 0 Å². The van der Waals surface area contributed by atoms with Gasteiger partial charge in [-0.1, -0.05) is 37.6 Å². The van der Waals surface area contributed by atoms with Crippen molar-refractivity contribution in [3.8, 4) is 0 Å². The van der Waals surface area contributed by atoms with Crippen LogP contribution in [0.1, 0.15) is 26.3 Å². The summed E-state index contributed by atoms with van der Waals surface area (Å²) in [4.78, 5) is 13.5. The quantitative estimate of drug-likeness (QED) is 0.879. The van der Waals surface area contributed by atoms with E-state index >= 15 is 0 Å². The van der Waals surface area contributed by atoms with Crippen LogP contribution in [0, 0.1) is 0 Å². The van der Waals surface area contributed by atoms with E-state index in [2.05, 4.69) is 0 Å². The Hall–Kier alpha value is -1.06. The topological polar surface area (TPSA) is 40.5 Å². The van der Waals surface area contributed by atoms with Crippen LogP contribution in [0.4, 0.5) is 0 Å². The van der Waals surface area contributed by atoms with Gasteiger partial charge >= 0.3 is 5.97 Å². The fourth-order valence-electron chi connectivity index (χ4n) is 2.09. The summed E-state index contributed by atoms with van der Waals surface area (Å²) < 4.78 is 0. The Morgan fingerprint density at radius 3 is 2.41 bits per heavy atom. The number of benzene rings is 1. The van der Waals surface area contributed by atoms with Crippen LogP contribution in [-0.4, -0.2) is 29.1 Å². The number of hydrogen-bond donors (Lipinski definition) is 1. The molecule has 0 aliphatic carbocycles. The van der Waals surface area contributed by atoms with Crippen LogP contribution in [0.5, 0.6) is 0 Å². The fraction of sp³-hybridized carbons (Fsp3) is 0.462. The molecule has 0 fully saturated rings. The molecule has 0 saturated carbocycles. The molecule has 1 N–H and O–H groups in total. The number of hydrogen-bond acceptors (Lipinski definition) is 2. The monoisotopic (exact) mass is 255 g/mol. The number of nitrogens with zero attached hydrogens (tertiary/aromatic N) is 1. The van der Waals surface area contributed by atoms with E-state index in [1.165, 1.54) is 0 Å². The van der Waals surface area contributed by atoms with Crippen LogP contribution in [0.25, 0.3) is 0 Å². The molecular formula is C13H18ClNO2. The first-order valence-corrected chi connectivity index (χ1v) is 6.09. The van der Waals surface area contributed by atoms with E-state index < -0.39 is 11.5 Å². The second-order valence-electron chi connectivity index (χ2n) is 4.06. The van der Waals surface area contributed by atoms with Gasteiger partial charge in [0.1, 0.15) is 5.54 Å². The summed E-state index contributed by atoms with van der Waals surface area (Å²) in [6.07, 6.45) is 0. The van der Waals surface area contributed by atoms with Crippen molar-refractivity contribution in [1.29, 1.82) is 0 Å². The van der Waals surface area contributed by atoms with Crippen LogP contribution in [-0.2, 0) is 10.3 Å². The van der Waals surface area contributed by atoms with Gasteiger partial charge in [-0.15, -0.1) is 0 Å². The van der Waals surface area contributed by atoms with Gasteiger partial charge in [-0.2, -0.15) is 0 Å². The lowest BCUT2D eigenvalue weighted by Crippen LogP contribution is -2.49. The Bertz CT molecular complexity index is 404. The second kappa shape index (κ2) is 5.52. The zero-order valence-corrected chi connectivity index (χ0v) is 11.2. The predicted octanol–water partition coefficient (Wildman–Crippen LogP) is 2.98. The number of carboxylic acids is 1. The van der Waals surface area contributed by atoms with Gasteiger partial charge in [-0.25, -0.2) is 4.79 Å². The molecule has 0 heterocycles. The van der Waals surface area contributed by atoms with E-state index in [1.807, 2.05) is 18.7 Å². The Morgan fingerprint density at radius 1 is 1.41 bits per heavy atom. The van der Waals surface area contributed by atoms with Crippen LogP contribution in [0.3, 0.4) is 0 Å². The third-order valence-corrected chi connectivity index (χ3v) is 3.43. The number of likely N-dealkylation sites (N-methyl/N-ethyl adjacent to an activating group) is 1. The van der Waals surface area contributed by atoms with Crippen molar-refractivity contribution in [2.24, 2.45) is 0 Å². The van der Waals surface area contributed by atoms with Gasteiger partial charge in [0.15, 0.2) is 0 Å². The largest absolute Gasteiger partial charge is 0.480 e. The lowest BCUT2D eigenvalue weighted by atomic mass is 9.90. The Balaban J connectivity index is 3.29. The van der Waals surface area contributed by atoms with Gasteiger partial charge in [0.25, 0.3) is 0 Å². The molecule has 17 heavy (non-hydrogen) atoms. The van der Waals surface area contributed by atoms with Gasteiger partial charge in [-0.3, -0.25) is 4.90 Å². The minimum absolute atomic E-state index is 0.558. The number of carbonyl (C=O) groups is 1. The molecule has 0 bridgehead atoms. The van der Waals surface area contributed by atoms with E-state index in [1.54, 1.807) is 31.2 Å². The zero-order valence-electron chi connectivity index (χ0n) is 10.4. The van der Waals surface area contributed by atoms with E-state index in [9.17, 15) is 9.90 Å². The number of aliphatic carboxylic acids is 1. The average Bonchev–Trinajstić information content (AvgIpc) is 2.30. The molecule has 94 valence electrons. The maximum absolute atomic E-state index is 11.6. The number of halogens is 1. The highest BCUT2D eigenvalue weighted by Gasteiger charge is 2.39. The highest BCUT2D eigenvalue weighted by atomic mass is 35.5. The molecule has 1 rings (SSSR count). The van der Waals surface area contributed by atoms with Crippen molar-refractivity contribution in [3.05, 3.63) is 34.9 Å². The van der Waals surface area contributed by atoms with Crippen molar-refractivity contribution in [3.63, 3.8) is 0 Å². The highest BCUT2D eigenvalue weighted by Crippen LogP contribution is 2.30. The van der Waals surface area contributed by atoms with Crippen molar-refractivity contribution >= 4 is 17.6 Å². The number of rotatable bonds is 5. The summed E-state index contributed by atoms with van der Waals surface area (Å²) in [5, 5.41) is 10.1. The highest BCUT2D eigenvalue weighted by molar-refractivity contribution is 6.30. The minimum Gasteiger partial charge on any atom is -0.480 e. The number of carboxylic acid groups (broad SMARTS) is 1. The van der Waals surface area contributed by atoms with Gasteiger partial charge < -0.3 is 5.11 Å².